The quantitative estimate of drug-likeness (QED) is 0.772. The van der Waals surface area contributed by atoms with Crippen LogP contribution in [0.15, 0.2) is 12.1 Å². The summed E-state index contributed by atoms with van der Waals surface area (Å²) < 4.78 is 38.7. The third kappa shape index (κ3) is 3.52. The molecule has 2 fully saturated rings. The number of hydrogen-bond acceptors (Lipinski definition) is 3. The highest BCUT2D eigenvalue weighted by Gasteiger charge is 2.35. The van der Waals surface area contributed by atoms with Gasteiger partial charge in [-0.25, -0.2) is 8.78 Å². The summed E-state index contributed by atoms with van der Waals surface area (Å²) in [7, 11) is 0. The van der Waals surface area contributed by atoms with E-state index in [0.29, 0.717) is 19.1 Å². The molecule has 0 bridgehead atoms. The van der Waals surface area contributed by atoms with Gasteiger partial charge in [0, 0.05) is 5.92 Å². The van der Waals surface area contributed by atoms with Crippen molar-refractivity contribution in [3.8, 4) is 0 Å². The van der Waals surface area contributed by atoms with E-state index in [4.69, 9.17) is 9.47 Å². The summed E-state index contributed by atoms with van der Waals surface area (Å²) in [6, 6.07) is 2.68. The third-order valence-corrected chi connectivity index (χ3v) is 5.41. The normalized spacial score (nSPS) is 31.0. The lowest BCUT2D eigenvalue weighted by molar-refractivity contribution is -0.184. The van der Waals surface area contributed by atoms with Crippen molar-refractivity contribution in [1.82, 2.24) is 0 Å². The second-order valence-corrected chi connectivity index (χ2v) is 7.20. The van der Waals surface area contributed by atoms with Gasteiger partial charge in [-0.15, -0.1) is 0 Å². The molecule has 1 aromatic carbocycles. The molecule has 1 aromatic rings. The molecule has 132 valence electrons. The largest absolute Gasteiger partial charge is 0.345 e. The molecule has 0 spiro atoms. The Bertz CT molecular complexity index is 601. The molecule has 1 heterocycles. The summed E-state index contributed by atoms with van der Waals surface area (Å²) in [5.41, 5.74) is -0.144. The zero-order valence-corrected chi connectivity index (χ0v) is 14.2. The molecule has 24 heavy (non-hydrogen) atoms. The van der Waals surface area contributed by atoms with Crippen LogP contribution in [-0.2, 0) is 9.47 Å². The highest BCUT2D eigenvalue weighted by Crippen LogP contribution is 2.35. The average Bonchev–Trinajstić information content (AvgIpc) is 2.60. The number of carbonyl (C=O) groups excluding carboxylic acids is 1. The van der Waals surface area contributed by atoms with E-state index in [2.05, 4.69) is 6.92 Å². The molecule has 1 saturated carbocycles. The first-order valence-electron chi connectivity index (χ1n) is 8.69. The lowest BCUT2D eigenvalue weighted by Crippen LogP contribution is -2.41. The van der Waals surface area contributed by atoms with Crippen LogP contribution in [0, 0.1) is 36.3 Å². The minimum atomic E-state index is -1.14. The molecule has 0 aromatic heterocycles. The Morgan fingerprint density at radius 2 is 1.62 bits per heavy atom. The third-order valence-electron chi connectivity index (χ3n) is 5.41. The molecule has 3 rings (SSSR count). The maximum atomic E-state index is 14.0. The number of carbonyl (C=O) groups is 1. The summed E-state index contributed by atoms with van der Waals surface area (Å²) in [5.74, 6) is -1.16. The topological polar surface area (TPSA) is 35.5 Å². The Morgan fingerprint density at radius 3 is 2.25 bits per heavy atom. The van der Waals surface area contributed by atoms with Crippen molar-refractivity contribution >= 4 is 5.78 Å². The van der Waals surface area contributed by atoms with E-state index in [0.717, 1.165) is 18.8 Å². The lowest BCUT2D eigenvalue weighted by Gasteiger charge is -2.36. The predicted octanol–water partition coefficient (Wildman–Crippen LogP) is 4.27. The SMILES string of the molecule is Cc1ccc(C(=O)C2OCC(C3CCC(C)CC3)CO2)c(F)c1F. The van der Waals surface area contributed by atoms with Crippen LogP contribution < -0.4 is 0 Å². The molecule has 0 N–H and O–H groups in total. The van der Waals surface area contributed by atoms with Crippen LogP contribution in [0.5, 0.6) is 0 Å². The van der Waals surface area contributed by atoms with Crippen LogP contribution in [-0.4, -0.2) is 25.3 Å². The number of ether oxygens (including phenoxy) is 2. The van der Waals surface area contributed by atoms with Gasteiger partial charge in [0.15, 0.2) is 11.6 Å². The summed E-state index contributed by atoms with van der Waals surface area (Å²) in [5, 5.41) is 0. The summed E-state index contributed by atoms with van der Waals surface area (Å²) >= 11 is 0. The van der Waals surface area contributed by atoms with Crippen molar-refractivity contribution in [3.05, 3.63) is 34.9 Å². The van der Waals surface area contributed by atoms with Crippen molar-refractivity contribution in [2.75, 3.05) is 13.2 Å². The molecule has 3 nitrogen and oxygen atoms in total. The molecule has 0 radical (unpaired) electrons. The van der Waals surface area contributed by atoms with Gasteiger partial charge in [0.05, 0.1) is 18.8 Å². The smallest absolute Gasteiger partial charge is 0.222 e. The van der Waals surface area contributed by atoms with Crippen LogP contribution >= 0.6 is 0 Å². The standard InChI is InChI=1S/C19H24F2O3/c1-11-3-6-13(7-4-11)14-9-23-19(24-10-14)18(22)15-8-5-12(2)16(20)17(15)21/h5,8,11,13-14,19H,3-4,6-7,9-10H2,1-2H3. The van der Waals surface area contributed by atoms with E-state index in [1.807, 2.05) is 0 Å². The van der Waals surface area contributed by atoms with E-state index in [1.165, 1.54) is 31.9 Å². The minimum absolute atomic E-state index is 0.168. The van der Waals surface area contributed by atoms with Gasteiger partial charge in [-0.1, -0.05) is 25.8 Å². The molecule has 2 aliphatic rings. The first-order valence-corrected chi connectivity index (χ1v) is 8.69. The number of halogens is 2. The van der Waals surface area contributed by atoms with Crippen LogP contribution in [0.4, 0.5) is 8.78 Å². The van der Waals surface area contributed by atoms with Crippen molar-refractivity contribution in [3.63, 3.8) is 0 Å². The van der Waals surface area contributed by atoms with Gasteiger partial charge < -0.3 is 9.47 Å². The van der Waals surface area contributed by atoms with Gasteiger partial charge in [0.25, 0.3) is 0 Å². The number of benzene rings is 1. The van der Waals surface area contributed by atoms with E-state index in [1.54, 1.807) is 0 Å². The highest BCUT2D eigenvalue weighted by atomic mass is 19.2. The van der Waals surface area contributed by atoms with Gasteiger partial charge in [-0.2, -0.15) is 0 Å². The van der Waals surface area contributed by atoms with Crippen LogP contribution in [0.2, 0.25) is 0 Å². The van der Waals surface area contributed by atoms with Gasteiger partial charge >= 0.3 is 0 Å². The molecule has 0 unspecified atom stereocenters. The maximum Gasteiger partial charge on any atom is 0.222 e. The van der Waals surface area contributed by atoms with Crippen LogP contribution in [0.25, 0.3) is 0 Å². The van der Waals surface area contributed by atoms with Gasteiger partial charge in [0.1, 0.15) is 0 Å². The van der Waals surface area contributed by atoms with Crippen molar-refractivity contribution in [2.24, 2.45) is 17.8 Å². The number of hydrogen-bond donors (Lipinski definition) is 0. The average molecular weight is 338 g/mol. The molecule has 1 saturated heterocycles. The van der Waals surface area contributed by atoms with E-state index >= 15 is 0 Å². The van der Waals surface area contributed by atoms with Crippen LogP contribution in [0.3, 0.4) is 0 Å². The molecular weight excluding hydrogens is 314 g/mol. The first kappa shape index (κ1) is 17.5. The van der Waals surface area contributed by atoms with Gasteiger partial charge in [-0.05, 0) is 43.2 Å². The fourth-order valence-corrected chi connectivity index (χ4v) is 3.66. The summed E-state index contributed by atoms with van der Waals surface area (Å²) in [6.07, 6.45) is 3.62. The van der Waals surface area contributed by atoms with E-state index in [9.17, 15) is 13.6 Å². The van der Waals surface area contributed by atoms with Crippen LogP contribution in [0.1, 0.15) is 48.5 Å². The molecule has 0 atom stereocenters. The fraction of sp³-hybridized carbons (Fsp3) is 0.632. The lowest BCUT2D eigenvalue weighted by atomic mass is 9.76. The molecule has 1 aliphatic carbocycles. The number of ketones is 1. The Hall–Kier alpha value is -1.33. The molecule has 1 aliphatic heterocycles. The van der Waals surface area contributed by atoms with Crippen molar-refractivity contribution in [2.45, 2.75) is 45.8 Å². The predicted molar refractivity (Wildman–Crippen MR) is 85.7 cm³/mol. The van der Waals surface area contributed by atoms with Crippen molar-refractivity contribution in [1.29, 1.82) is 0 Å². The second-order valence-electron chi connectivity index (χ2n) is 7.20. The Balaban J connectivity index is 1.60. The zero-order valence-electron chi connectivity index (χ0n) is 14.2. The van der Waals surface area contributed by atoms with E-state index < -0.39 is 23.7 Å². The maximum absolute atomic E-state index is 14.0. The Labute approximate surface area is 141 Å². The minimum Gasteiger partial charge on any atom is -0.345 e. The van der Waals surface area contributed by atoms with E-state index in [-0.39, 0.29) is 17.0 Å². The monoisotopic (exact) mass is 338 g/mol. The van der Waals surface area contributed by atoms with Gasteiger partial charge in [0.2, 0.25) is 12.1 Å². The molecular formula is C19H24F2O3. The highest BCUT2D eigenvalue weighted by molar-refractivity contribution is 5.99. The number of Topliss-reactive ketones (excluding diaryl/α,β-unsaturated/α-hetero) is 1. The van der Waals surface area contributed by atoms with Crippen molar-refractivity contribution < 1.29 is 23.0 Å². The number of rotatable bonds is 3. The fourth-order valence-electron chi connectivity index (χ4n) is 3.66. The Morgan fingerprint density at radius 1 is 1.00 bits per heavy atom. The zero-order chi connectivity index (χ0) is 17.3. The second kappa shape index (κ2) is 7.28. The first-order chi connectivity index (χ1) is 11.5. The summed E-state index contributed by atoms with van der Waals surface area (Å²) in [6.45, 7) is 4.60. The number of aryl methyl sites for hydroxylation is 1. The molecule has 5 heteroatoms. The summed E-state index contributed by atoms with van der Waals surface area (Å²) in [4.78, 5) is 12.4. The Kier molecular flexibility index (Phi) is 5.30. The molecule has 0 amide bonds. The van der Waals surface area contributed by atoms with Gasteiger partial charge in [-0.3, -0.25) is 4.79 Å².